The van der Waals surface area contributed by atoms with Crippen molar-refractivity contribution in [3.05, 3.63) is 54.0 Å². The third kappa shape index (κ3) is 4.27. The molecule has 1 aromatic heterocycles. The molecular formula is C16H19N3O2. The summed E-state index contributed by atoms with van der Waals surface area (Å²) in [6.07, 6.45) is 2.04. The maximum absolute atomic E-state index is 11.4. The van der Waals surface area contributed by atoms with Crippen LogP contribution in [0.2, 0.25) is 0 Å². The Morgan fingerprint density at radius 2 is 1.95 bits per heavy atom. The Hall–Kier alpha value is -2.43. The second-order valence-corrected chi connectivity index (χ2v) is 5.18. The van der Waals surface area contributed by atoms with Gasteiger partial charge in [0.1, 0.15) is 17.7 Å². The van der Waals surface area contributed by atoms with Crippen molar-refractivity contribution in [2.75, 3.05) is 5.32 Å². The molecule has 1 heterocycles. The number of rotatable bonds is 6. The molecular weight excluding hydrogens is 266 g/mol. The van der Waals surface area contributed by atoms with Crippen LogP contribution in [0.3, 0.4) is 0 Å². The van der Waals surface area contributed by atoms with Crippen LogP contribution < -0.4 is 5.32 Å². The van der Waals surface area contributed by atoms with Crippen molar-refractivity contribution < 1.29 is 9.90 Å². The van der Waals surface area contributed by atoms with E-state index in [4.69, 9.17) is 0 Å². The van der Waals surface area contributed by atoms with Crippen LogP contribution in [-0.2, 0) is 11.2 Å². The zero-order valence-electron chi connectivity index (χ0n) is 12.2. The van der Waals surface area contributed by atoms with E-state index in [9.17, 15) is 9.90 Å². The summed E-state index contributed by atoms with van der Waals surface area (Å²) in [5, 5.41) is 12.3. The number of nitrogens with one attached hydrogen (secondary N) is 1. The Kier molecular flexibility index (Phi) is 4.87. The number of anilines is 1. The van der Waals surface area contributed by atoms with E-state index in [0.29, 0.717) is 18.1 Å². The second-order valence-electron chi connectivity index (χ2n) is 5.18. The fourth-order valence-electron chi connectivity index (χ4n) is 1.96. The standard InChI is InChI=1S/C16H19N3O2/c1-11(2)15-17-9-8-14(19-15)18-13(16(20)21)10-12-6-4-3-5-7-12/h3-9,11,13H,10H2,1-2H3,(H,20,21)(H,17,18,19)/t13-/m1/s1. The van der Waals surface area contributed by atoms with Crippen LogP contribution in [0.5, 0.6) is 0 Å². The molecule has 110 valence electrons. The van der Waals surface area contributed by atoms with E-state index in [0.717, 1.165) is 5.56 Å². The minimum absolute atomic E-state index is 0.198. The minimum Gasteiger partial charge on any atom is -0.480 e. The van der Waals surface area contributed by atoms with Crippen molar-refractivity contribution in [1.82, 2.24) is 9.97 Å². The molecule has 0 aliphatic rings. The van der Waals surface area contributed by atoms with Gasteiger partial charge in [0.15, 0.2) is 0 Å². The number of benzene rings is 1. The van der Waals surface area contributed by atoms with Crippen LogP contribution >= 0.6 is 0 Å². The van der Waals surface area contributed by atoms with Gasteiger partial charge in [0.2, 0.25) is 0 Å². The van der Waals surface area contributed by atoms with Crippen molar-refractivity contribution >= 4 is 11.8 Å². The summed E-state index contributed by atoms with van der Waals surface area (Å²) in [7, 11) is 0. The average Bonchev–Trinajstić information content (AvgIpc) is 2.48. The predicted molar refractivity (Wildman–Crippen MR) is 81.3 cm³/mol. The fraction of sp³-hybridized carbons (Fsp3) is 0.312. The quantitative estimate of drug-likeness (QED) is 0.853. The molecule has 2 N–H and O–H groups in total. The van der Waals surface area contributed by atoms with Gasteiger partial charge in [-0.15, -0.1) is 0 Å². The van der Waals surface area contributed by atoms with Gasteiger partial charge in [-0.05, 0) is 11.6 Å². The van der Waals surface area contributed by atoms with Crippen molar-refractivity contribution in [3.63, 3.8) is 0 Å². The lowest BCUT2D eigenvalue weighted by molar-refractivity contribution is -0.137. The van der Waals surface area contributed by atoms with Crippen LogP contribution in [0.15, 0.2) is 42.6 Å². The molecule has 1 aromatic carbocycles. The molecule has 0 bridgehead atoms. The monoisotopic (exact) mass is 285 g/mol. The molecule has 1 atom stereocenters. The molecule has 2 rings (SSSR count). The molecule has 0 unspecified atom stereocenters. The van der Waals surface area contributed by atoms with E-state index in [1.54, 1.807) is 12.3 Å². The highest BCUT2D eigenvalue weighted by Gasteiger charge is 2.18. The summed E-state index contributed by atoms with van der Waals surface area (Å²) in [4.78, 5) is 19.9. The molecule has 0 aliphatic heterocycles. The largest absolute Gasteiger partial charge is 0.480 e. The lowest BCUT2D eigenvalue weighted by Gasteiger charge is -2.16. The summed E-state index contributed by atoms with van der Waals surface area (Å²) in [6, 6.07) is 10.5. The zero-order chi connectivity index (χ0) is 15.2. The molecule has 0 saturated carbocycles. The summed E-state index contributed by atoms with van der Waals surface area (Å²) in [5.74, 6) is 0.536. The SMILES string of the molecule is CC(C)c1nccc(N[C@H](Cc2ccccc2)C(=O)O)n1. The van der Waals surface area contributed by atoms with E-state index in [1.165, 1.54) is 0 Å². The number of aromatic nitrogens is 2. The number of carbonyl (C=O) groups is 1. The molecule has 21 heavy (non-hydrogen) atoms. The van der Waals surface area contributed by atoms with Gasteiger partial charge in [-0.25, -0.2) is 14.8 Å². The Morgan fingerprint density at radius 3 is 2.57 bits per heavy atom. The molecule has 5 nitrogen and oxygen atoms in total. The molecule has 5 heteroatoms. The van der Waals surface area contributed by atoms with E-state index < -0.39 is 12.0 Å². The van der Waals surface area contributed by atoms with Crippen LogP contribution in [-0.4, -0.2) is 27.1 Å². The Bertz CT molecular complexity index is 599. The summed E-state index contributed by atoms with van der Waals surface area (Å²) < 4.78 is 0. The number of aliphatic carboxylic acids is 1. The maximum atomic E-state index is 11.4. The van der Waals surface area contributed by atoms with Gasteiger partial charge in [-0.1, -0.05) is 44.2 Å². The average molecular weight is 285 g/mol. The predicted octanol–water partition coefficient (Wildman–Crippen LogP) is 2.71. The summed E-state index contributed by atoms with van der Waals surface area (Å²) >= 11 is 0. The van der Waals surface area contributed by atoms with E-state index in [-0.39, 0.29) is 5.92 Å². The first-order chi connectivity index (χ1) is 10.1. The Morgan fingerprint density at radius 1 is 1.24 bits per heavy atom. The first-order valence-electron chi connectivity index (χ1n) is 6.92. The van der Waals surface area contributed by atoms with Crippen LogP contribution in [0.25, 0.3) is 0 Å². The van der Waals surface area contributed by atoms with Crippen molar-refractivity contribution in [3.8, 4) is 0 Å². The number of hydrogen-bond acceptors (Lipinski definition) is 4. The van der Waals surface area contributed by atoms with E-state index in [2.05, 4.69) is 15.3 Å². The fourth-order valence-corrected chi connectivity index (χ4v) is 1.96. The molecule has 0 spiro atoms. The Balaban J connectivity index is 2.13. The van der Waals surface area contributed by atoms with Gasteiger partial charge in [-0.3, -0.25) is 0 Å². The zero-order valence-corrected chi connectivity index (χ0v) is 12.2. The molecule has 2 aromatic rings. The van der Waals surface area contributed by atoms with Crippen LogP contribution in [0, 0.1) is 0 Å². The molecule has 0 amide bonds. The van der Waals surface area contributed by atoms with Gasteiger partial charge in [0, 0.05) is 18.5 Å². The number of carboxylic acid groups (broad SMARTS) is 1. The topological polar surface area (TPSA) is 75.1 Å². The highest BCUT2D eigenvalue weighted by molar-refractivity contribution is 5.77. The molecule has 0 radical (unpaired) electrons. The first kappa shape index (κ1) is 15.0. The van der Waals surface area contributed by atoms with Gasteiger partial charge < -0.3 is 10.4 Å². The second kappa shape index (κ2) is 6.83. The number of hydrogen-bond donors (Lipinski definition) is 2. The smallest absolute Gasteiger partial charge is 0.326 e. The van der Waals surface area contributed by atoms with Crippen molar-refractivity contribution in [1.29, 1.82) is 0 Å². The normalized spacial score (nSPS) is 12.1. The van der Waals surface area contributed by atoms with E-state index in [1.807, 2.05) is 44.2 Å². The minimum atomic E-state index is -0.899. The van der Waals surface area contributed by atoms with Gasteiger partial charge in [-0.2, -0.15) is 0 Å². The number of nitrogens with zero attached hydrogens (tertiary/aromatic N) is 2. The van der Waals surface area contributed by atoms with Crippen molar-refractivity contribution in [2.45, 2.75) is 32.2 Å². The highest BCUT2D eigenvalue weighted by Crippen LogP contribution is 2.13. The van der Waals surface area contributed by atoms with Gasteiger partial charge >= 0.3 is 5.97 Å². The third-order valence-corrected chi connectivity index (χ3v) is 3.09. The molecule has 0 saturated heterocycles. The third-order valence-electron chi connectivity index (χ3n) is 3.09. The van der Waals surface area contributed by atoms with E-state index >= 15 is 0 Å². The van der Waals surface area contributed by atoms with Gasteiger partial charge in [0.05, 0.1) is 0 Å². The first-order valence-corrected chi connectivity index (χ1v) is 6.92. The molecule has 0 fully saturated rings. The summed E-state index contributed by atoms with van der Waals surface area (Å²) in [5.41, 5.74) is 0.968. The van der Waals surface area contributed by atoms with Crippen LogP contribution in [0.1, 0.15) is 31.2 Å². The van der Waals surface area contributed by atoms with Crippen molar-refractivity contribution in [2.24, 2.45) is 0 Å². The Labute approximate surface area is 124 Å². The lowest BCUT2D eigenvalue weighted by Crippen LogP contribution is -2.32. The lowest BCUT2D eigenvalue weighted by atomic mass is 10.1. The summed E-state index contributed by atoms with van der Waals surface area (Å²) in [6.45, 7) is 4.00. The van der Waals surface area contributed by atoms with Crippen LogP contribution in [0.4, 0.5) is 5.82 Å². The molecule has 0 aliphatic carbocycles. The number of carboxylic acids is 1. The van der Waals surface area contributed by atoms with Gasteiger partial charge in [0.25, 0.3) is 0 Å². The maximum Gasteiger partial charge on any atom is 0.326 e. The highest BCUT2D eigenvalue weighted by atomic mass is 16.4.